The van der Waals surface area contributed by atoms with Crippen molar-refractivity contribution in [2.45, 2.75) is 37.9 Å². The lowest BCUT2D eigenvalue weighted by atomic mass is 9.83. The molecule has 2 fully saturated rings. The van der Waals surface area contributed by atoms with Crippen molar-refractivity contribution in [1.29, 1.82) is 0 Å². The van der Waals surface area contributed by atoms with E-state index in [4.69, 9.17) is 10.5 Å². The lowest BCUT2D eigenvalue weighted by Crippen LogP contribution is -2.19. The molecule has 0 aliphatic carbocycles. The standard InChI is InChI=1S/C10H17NO/c1-7(4-5-11)9-6-8-2-3-10(9)12-8/h8-10H,1-6,11H2. The molecule has 0 radical (unpaired) electrons. The molecule has 2 heteroatoms. The fraction of sp³-hybridized carbons (Fsp3) is 0.800. The molecule has 0 aromatic carbocycles. The number of hydrogen-bond donors (Lipinski definition) is 1. The zero-order valence-electron chi connectivity index (χ0n) is 7.46. The fourth-order valence-corrected chi connectivity index (χ4v) is 2.44. The minimum atomic E-state index is 0.481. The molecule has 0 spiro atoms. The molecule has 2 N–H and O–H groups in total. The number of rotatable bonds is 3. The SMILES string of the molecule is C=C(CCN)C1CC2CCC1O2. The van der Waals surface area contributed by atoms with Crippen molar-refractivity contribution >= 4 is 0 Å². The van der Waals surface area contributed by atoms with Crippen LogP contribution in [0.3, 0.4) is 0 Å². The first-order valence-corrected chi connectivity index (χ1v) is 4.84. The molecule has 2 rings (SSSR count). The molecule has 0 aromatic heterocycles. The van der Waals surface area contributed by atoms with Gasteiger partial charge in [-0.2, -0.15) is 0 Å². The largest absolute Gasteiger partial charge is 0.374 e. The first-order chi connectivity index (χ1) is 5.81. The molecule has 2 heterocycles. The highest BCUT2D eigenvalue weighted by Gasteiger charge is 2.41. The van der Waals surface area contributed by atoms with Crippen molar-refractivity contribution in [3.05, 3.63) is 12.2 Å². The van der Waals surface area contributed by atoms with Gasteiger partial charge in [0, 0.05) is 5.92 Å². The Morgan fingerprint density at radius 1 is 1.50 bits per heavy atom. The van der Waals surface area contributed by atoms with Gasteiger partial charge in [-0.15, -0.1) is 0 Å². The van der Waals surface area contributed by atoms with Gasteiger partial charge in [-0.3, -0.25) is 0 Å². The molecule has 3 atom stereocenters. The third-order valence-corrected chi connectivity index (χ3v) is 3.10. The maximum absolute atomic E-state index is 5.75. The number of nitrogens with two attached hydrogens (primary N) is 1. The van der Waals surface area contributed by atoms with E-state index in [9.17, 15) is 0 Å². The Kier molecular flexibility index (Phi) is 2.20. The number of hydrogen-bond acceptors (Lipinski definition) is 2. The molecule has 0 saturated carbocycles. The zero-order valence-corrected chi connectivity index (χ0v) is 7.46. The van der Waals surface area contributed by atoms with Crippen LogP contribution in [-0.2, 0) is 4.74 Å². The van der Waals surface area contributed by atoms with E-state index in [1.807, 2.05) is 0 Å². The molecule has 68 valence electrons. The molecule has 2 bridgehead atoms. The van der Waals surface area contributed by atoms with Gasteiger partial charge in [0.2, 0.25) is 0 Å². The lowest BCUT2D eigenvalue weighted by molar-refractivity contribution is 0.0964. The zero-order chi connectivity index (χ0) is 8.55. The Hall–Kier alpha value is -0.340. The van der Waals surface area contributed by atoms with Crippen molar-refractivity contribution in [1.82, 2.24) is 0 Å². The van der Waals surface area contributed by atoms with Gasteiger partial charge in [-0.1, -0.05) is 12.2 Å². The first-order valence-electron chi connectivity index (χ1n) is 4.84. The van der Waals surface area contributed by atoms with Gasteiger partial charge in [-0.25, -0.2) is 0 Å². The summed E-state index contributed by atoms with van der Waals surface area (Å²) in [6.07, 6.45) is 5.68. The molecule has 0 aromatic rings. The average molecular weight is 167 g/mol. The van der Waals surface area contributed by atoms with Gasteiger partial charge in [0.25, 0.3) is 0 Å². The Balaban J connectivity index is 1.93. The smallest absolute Gasteiger partial charge is 0.0645 e. The minimum absolute atomic E-state index is 0.481. The van der Waals surface area contributed by atoms with Crippen molar-refractivity contribution in [2.75, 3.05) is 6.54 Å². The summed E-state index contributed by atoms with van der Waals surface area (Å²) in [7, 11) is 0. The van der Waals surface area contributed by atoms with E-state index in [0.717, 1.165) is 13.0 Å². The monoisotopic (exact) mass is 167 g/mol. The van der Waals surface area contributed by atoms with Gasteiger partial charge >= 0.3 is 0 Å². The summed E-state index contributed by atoms with van der Waals surface area (Å²) in [6.45, 7) is 4.81. The van der Waals surface area contributed by atoms with E-state index in [2.05, 4.69) is 6.58 Å². The van der Waals surface area contributed by atoms with Crippen LogP contribution in [0.15, 0.2) is 12.2 Å². The average Bonchev–Trinajstić information content (AvgIpc) is 2.64. The van der Waals surface area contributed by atoms with Crippen LogP contribution in [-0.4, -0.2) is 18.8 Å². The lowest BCUT2D eigenvalue weighted by Gasteiger charge is -2.20. The molecule has 2 saturated heterocycles. The normalized spacial score (nSPS) is 38.9. The first kappa shape index (κ1) is 8.27. The van der Waals surface area contributed by atoms with Gasteiger partial charge < -0.3 is 10.5 Å². The molecular weight excluding hydrogens is 150 g/mol. The predicted octanol–water partition coefficient (Wildman–Crippen LogP) is 1.46. The third kappa shape index (κ3) is 1.29. The van der Waals surface area contributed by atoms with Crippen LogP contribution < -0.4 is 5.73 Å². The Bertz CT molecular complexity index is 190. The summed E-state index contributed by atoms with van der Waals surface area (Å²) < 4.78 is 5.75. The van der Waals surface area contributed by atoms with Crippen molar-refractivity contribution in [3.8, 4) is 0 Å². The summed E-state index contributed by atoms with van der Waals surface area (Å²) in [5.41, 5.74) is 6.80. The van der Waals surface area contributed by atoms with Gasteiger partial charge in [0.1, 0.15) is 0 Å². The highest BCUT2D eigenvalue weighted by Crippen LogP contribution is 2.42. The topological polar surface area (TPSA) is 35.2 Å². The van der Waals surface area contributed by atoms with Gasteiger partial charge in [0.05, 0.1) is 12.2 Å². The Morgan fingerprint density at radius 3 is 2.83 bits per heavy atom. The van der Waals surface area contributed by atoms with Crippen LogP contribution in [0.1, 0.15) is 25.7 Å². The highest BCUT2D eigenvalue weighted by molar-refractivity contribution is 5.09. The van der Waals surface area contributed by atoms with E-state index in [-0.39, 0.29) is 0 Å². The van der Waals surface area contributed by atoms with Crippen molar-refractivity contribution in [2.24, 2.45) is 11.7 Å². The van der Waals surface area contributed by atoms with Crippen LogP contribution >= 0.6 is 0 Å². The summed E-state index contributed by atoms with van der Waals surface area (Å²) in [6, 6.07) is 0. The molecule has 2 aliphatic heterocycles. The molecular formula is C10H17NO. The van der Waals surface area contributed by atoms with Crippen molar-refractivity contribution in [3.63, 3.8) is 0 Å². The van der Waals surface area contributed by atoms with Gasteiger partial charge in [-0.05, 0) is 32.2 Å². The van der Waals surface area contributed by atoms with E-state index in [1.165, 1.54) is 24.8 Å². The Morgan fingerprint density at radius 2 is 2.33 bits per heavy atom. The van der Waals surface area contributed by atoms with Crippen LogP contribution in [0.2, 0.25) is 0 Å². The quantitative estimate of drug-likeness (QED) is 0.646. The maximum Gasteiger partial charge on any atom is 0.0645 e. The van der Waals surface area contributed by atoms with Crippen molar-refractivity contribution < 1.29 is 4.74 Å². The van der Waals surface area contributed by atoms with Crippen LogP contribution in [0, 0.1) is 5.92 Å². The number of fused-ring (bicyclic) bond motifs is 2. The van der Waals surface area contributed by atoms with E-state index >= 15 is 0 Å². The Labute approximate surface area is 73.8 Å². The molecule has 0 amide bonds. The van der Waals surface area contributed by atoms with E-state index in [0.29, 0.717) is 18.1 Å². The predicted molar refractivity (Wildman–Crippen MR) is 48.8 cm³/mol. The second-order valence-electron chi connectivity index (χ2n) is 3.91. The van der Waals surface area contributed by atoms with E-state index < -0.39 is 0 Å². The second kappa shape index (κ2) is 3.19. The number of ether oxygens (including phenoxy) is 1. The summed E-state index contributed by atoms with van der Waals surface area (Å²) in [5, 5.41) is 0. The maximum atomic E-state index is 5.75. The highest BCUT2D eigenvalue weighted by atomic mass is 16.5. The molecule has 2 aliphatic rings. The summed E-state index contributed by atoms with van der Waals surface area (Å²) >= 11 is 0. The minimum Gasteiger partial charge on any atom is -0.374 e. The molecule has 12 heavy (non-hydrogen) atoms. The second-order valence-corrected chi connectivity index (χ2v) is 3.91. The third-order valence-electron chi connectivity index (χ3n) is 3.10. The molecule has 3 unspecified atom stereocenters. The molecule has 2 nitrogen and oxygen atoms in total. The van der Waals surface area contributed by atoms with E-state index in [1.54, 1.807) is 0 Å². The summed E-state index contributed by atoms with van der Waals surface area (Å²) in [5.74, 6) is 0.618. The van der Waals surface area contributed by atoms with Crippen LogP contribution in [0.5, 0.6) is 0 Å². The van der Waals surface area contributed by atoms with Crippen LogP contribution in [0.25, 0.3) is 0 Å². The van der Waals surface area contributed by atoms with Crippen LogP contribution in [0.4, 0.5) is 0 Å². The fourth-order valence-electron chi connectivity index (χ4n) is 2.44. The summed E-state index contributed by atoms with van der Waals surface area (Å²) in [4.78, 5) is 0. The van der Waals surface area contributed by atoms with Gasteiger partial charge in [0.15, 0.2) is 0 Å².